The van der Waals surface area contributed by atoms with Gasteiger partial charge in [-0.05, 0) is 40.5 Å². The topological polar surface area (TPSA) is 77.4 Å². The Morgan fingerprint density at radius 2 is 2.31 bits per heavy atom. The summed E-state index contributed by atoms with van der Waals surface area (Å²) < 4.78 is 14.1. The van der Waals surface area contributed by atoms with Crippen LogP contribution in [0.3, 0.4) is 0 Å². The van der Waals surface area contributed by atoms with E-state index < -0.39 is 0 Å². The summed E-state index contributed by atoms with van der Waals surface area (Å²) in [6.45, 7) is 2.95. The molecular formula is C18H23BrN4O3. The minimum atomic E-state index is -0.115. The average molecular weight is 423 g/mol. The summed E-state index contributed by atoms with van der Waals surface area (Å²) in [4.78, 5) is 11.4. The Bertz CT molecular complexity index is 771. The molecule has 2 atom stereocenters. The zero-order valence-corrected chi connectivity index (χ0v) is 16.7. The minimum Gasteiger partial charge on any atom is -0.493 e. The Morgan fingerprint density at radius 1 is 1.50 bits per heavy atom. The summed E-state index contributed by atoms with van der Waals surface area (Å²) >= 11 is 3.54. The second kappa shape index (κ2) is 8.20. The maximum atomic E-state index is 11.4. The molecule has 140 valence electrons. The highest BCUT2D eigenvalue weighted by Crippen LogP contribution is 2.36. The smallest absolute Gasteiger partial charge is 0.221 e. The first-order valence-corrected chi connectivity index (χ1v) is 9.27. The molecule has 3 rings (SSSR count). The predicted octanol–water partition coefficient (Wildman–Crippen LogP) is 2.56. The molecule has 0 saturated carbocycles. The number of amides is 1. The van der Waals surface area contributed by atoms with Crippen molar-refractivity contribution in [1.82, 2.24) is 15.1 Å². The molecule has 1 aromatic carbocycles. The second-order valence-electron chi connectivity index (χ2n) is 6.28. The van der Waals surface area contributed by atoms with Gasteiger partial charge in [-0.15, -0.1) is 0 Å². The molecule has 2 unspecified atom stereocenters. The Balaban J connectivity index is 1.80. The van der Waals surface area contributed by atoms with E-state index in [2.05, 4.69) is 31.7 Å². The zero-order valence-electron chi connectivity index (χ0n) is 15.1. The highest BCUT2D eigenvalue weighted by atomic mass is 79.9. The molecule has 0 spiro atoms. The fourth-order valence-corrected chi connectivity index (χ4v) is 3.61. The third-order valence-electron chi connectivity index (χ3n) is 4.47. The molecule has 2 aromatic rings. The summed E-state index contributed by atoms with van der Waals surface area (Å²) in [5.74, 6) is 0.632. The molecule has 1 aliphatic rings. The minimum absolute atomic E-state index is 0.115. The van der Waals surface area contributed by atoms with Crippen molar-refractivity contribution in [3.05, 3.63) is 28.9 Å². The Kier molecular flexibility index (Phi) is 5.95. The van der Waals surface area contributed by atoms with Crippen molar-refractivity contribution in [3.63, 3.8) is 0 Å². The third kappa shape index (κ3) is 4.08. The normalized spacial score (nSPS) is 19.1. The summed E-state index contributed by atoms with van der Waals surface area (Å²) in [6.07, 6.45) is 2.86. The predicted molar refractivity (Wildman–Crippen MR) is 103 cm³/mol. The van der Waals surface area contributed by atoms with Gasteiger partial charge in [0.25, 0.3) is 0 Å². The number of hydrogen-bond donors (Lipinski definition) is 2. The van der Waals surface area contributed by atoms with Gasteiger partial charge in [0.1, 0.15) is 5.75 Å². The lowest BCUT2D eigenvalue weighted by molar-refractivity contribution is -0.114. The first-order valence-electron chi connectivity index (χ1n) is 8.48. The van der Waals surface area contributed by atoms with Crippen LogP contribution in [0.2, 0.25) is 0 Å². The zero-order chi connectivity index (χ0) is 18.7. The van der Waals surface area contributed by atoms with E-state index in [4.69, 9.17) is 9.47 Å². The standard InChI is InChI=1S/C18H23BrN4O3/c1-11(24)22-12-4-5-16(26-7-6-15-17(25-3)10-20-15)13(8-12)18-14(19)9-21-23(18)2/h4-5,8-9,15,17,20H,6-7,10H2,1-3H3,(H,22,24). The first-order chi connectivity index (χ1) is 12.5. The number of halogens is 1. The molecule has 7 nitrogen and oxygen atoms in total. The Labute approximate surface area is 161 Å². The summed E-state index contributed by atoms with van der Waals surface area (Å²) in [6, 6.07) is 5.94. The molecule has 1 aromatic heterocycles. The summed E-state index contributed by atoms with van der Waals surface area (Å²) in [5.41, 5.74) is 2.48. The van der Waals surface area contributed by atoms with Crippen LogP contribution in [-0.4, -0.2) is 48.1 Å². The van der Waals surface area contributed by atoms with E-state index in [9.17, 15) is 4.79 Å². The lowest BCUT2D eigenvalue weighted by atomic mass is 10.0. The van der Waals surface area contributed by atoms with Gasteiger partial charge in [0.2, 0.25) is 5.91 Å². The van der Waals surface area contributed by atoms with Crippen molar-refractivity contribution in [2.45, 2.75) is 25.5 Å². The van der Waals surface area contributed by atoms with Gasteiger partial charge in [-0.2, -0.15) is 5.10 Å². The number of hydrogen-bond acceptors (Lipinski definition) is 5. The number of benzene rings is 1. The molecule has 2 N–H and O–H groups in total. The molecule has 1 aliphatic heterocycles. The van der Waals surface area contributed by atoms with E-state index >= 15 is 0 Å². The van der Waals surface area contributed by atoms with E-state index in [1.807, 2.05) is 25.2 Å². The maximum absolute atomic E-state index is 11.4. The van der Waals surface area contributed by atoms with Crippen LogP contribution in [0, 0.1) is 0 Å². The summed E-state index contributed by atoms with van der Waals surface area (Å²) in [7, 11) is 3.61. The van der Waals surface area contributed by atoms with Crippen LogP contribution in [0.1, 0.15) is 13.3 Å². The van der Waals surface area contributed by atoms with Crippen molar-refractivity contribution in [2.24, 2.45) is 7.05 Å². The number of aryl methyl sites for hydroxylation is 1. The van der Waals surface area contributed by atoms with Crippen LogP contribution in [0.4, 0.5) is 5.69 Å². The van der Waals surface area contributed by atoms with Crippen LogP contribution in [0.5, 0.6) is 5.75 Å². The maximum Gasteiger partial charge on any atom is 0.221 e. The van der Waals surface area contributed by atoms with Crippen LogP contribution >= 0.6 is 15.9 Å². The van der Waals surface area contributed by atoms with Gasteiger partial charge in [0.05, 0.1) is 29.1 Å². The lowest BCUT2D eigenvalue weighted by Gasteiger charge is -2.36. The van der Waals surface area contributed by atoms with Gasteiger partial charge < -0.3 is 20.1 Å². The average Bonchev–Trinajstić information content (AvgIpc) is 2.90. The molecule has 1 saturated heterocycles. The molecule has 0 bridgehead atoms. The molecule has 2 heterocycles. The number of anilines is 1. The molecule has 26 heavy (non-hydrogen) atoms. The van der Waals surface area contributed by atoms with E-state index in [0.29, 0.717) is 18.3 Å². The third-order valence-corrected chi connectivity index (χ3v) is 5.05. The number of ether oxygens (including phenoxy) is 2. The number of nitrogens with zero attached hydrogens (tertiary/aromatic N) is 2. The number of nitrogens with one attached hydrogen (secondary N) is 2. The molecule has 0 aliphatic carbocycles. The fraction of sp³-hybridized carbons (Fsp3) is 0.444. The SMILES string of the molecule is COC1CNC1CCOc1ccc(NC(C)=O)cc1-c1c(Br)cnn1C. The van der Waals surface area contributed by atoms with Gasteiger partial charge >= 0.3 is 0 Å². The highest BCUT2D eigenvalue weighted by Gasteiger charge is 2.29. The highest BCUT2D eigenvalue weighted by molar-refractivity contribution is 9.10. The van der Waals surface area contributed by atoms with Crippen molar-refractivity contribution in [1.29, 1.82) is 0 Å². The van der Waals surface area contributed by atoms with Crippen LogP contribution in [-0.2, 0) is 16.6 Å². The number of rotatable bonds is 7. The largest absolute Gasteiger partial charge is 0.493 e. The van der Waals surface area contributed by atoms with Crippen molar-refractivity contribution >= 4 is 27.5 Å². The Hall–Kier alpha value is -1.90. The number of aromatic nitrogens is 2. The fourth-order valence-electron chi connectivity index (χ4n) is 3.05. The van der Waals surface area contributed by atoms with E-state index in [1.165, 1.54) is 6.92 Å². The molecule has 1 fully saturated rings. The Morgan fingerprint density at radius 3 is 2.88 bits per heavy atom. The number of methoxy groups -OCH3 is 1. The van der Waals surface area contributed by atoms with Gasteiger partial charge in [-0.3, -0.25) is 9.48 Å². The second-order valence-corrected chi connectivity index (χ2v) is 7.14. The molecule has 8 heteroatoms. The summed E-state index contributed by atoms with van der Waals surface area (Å²) in [5, 5.41) is 10.4. The van der Waals surface area contributed by atoms with Gasteiger partial charge in [-0.1, -0.05) is 0 Å². The van der Waals surface area contributed by atoms with Crippen molar-refractivity contribution in [2.75, 3.05) is 25.6 Å². The van der Waals surface area contributed by atoms with Crippen LogP contribution in [0.15, 0.2) is 28.9 Å². The van der Waals surface area contributed by atoms with E-state index in [0.717, 1.165) is 34.4 Å². The number of carbonyl (C=O) groups is 1. The van der Waals surface area contributed by atoms with Crippen molar-refractivity contribution in [3.8, 4) is 17.0 Å². The van der Waals surface area contributed by atoms with Crippen molar-refractivity contribution < 1.29 is 14.3 Å². The molecular weight excluding hydrogens is 400 g/mol. The molecule has 1 amide bonds. The lowest BCUT2D eigenvalue weighted by Crippen LogP contribution is -2.58. The van der Waals surface area contributed by atoms with Gasteiger partial charge in [0, 0.05) is 44.9 Å². The quantitative estimate of drug-likeness (QED) is 0.716. The monoisotopic (exact) mass is 422 g/mol. The number of carbonyl (C=O) groups excluding carboxylic acids is 1. The molecule has 0 radical (unpaired) electrons. The van der Waals surface area contributed by atoms with Gasteiger partial charge in [-0.25, -0.2) is 0 Å². The van der Waals surface area contributed by atoms with Gasteiger partial charge in [0.15, 0.2) is 0 Å². The van der Waals surface area contributed by atoms with Crippen LogP contribution in [0.25, 0.3) is 11.3 Å². The first kappa shape index (κ1) is 18.9. The van der Waals surface area contributed by atoms with E-state index in [-0.39, 0.29) is 12.0 Å². The van der Waals surface area contributed by atoms with E-state index in [1.54, 1.807) is 18.0 Å². The van der Waals surface area contributed by atoms with Crippen LogP contribution < -0.4 is 15.4 Å².